The Bertz CT molecular complexity index is 932. The lowest BCUT2D eigenvalue weighted by molar-refractivity contribution is 0.0636. The fourth-order valence-electron chi connectivity index (χ4n) is 3.68. The van der Waals surface area contributed by atoms with Gasteiger partial charge in [0.25, 0.3) is 5.91 Å². The van der Waals surface area contributed by atoms with Crippen molar-refractivity contribution in [3.8, 4) is 5.75 Å². The van der Waals surface area contributed by atoms with E-state index in [0.29, 0.717) is 18.7 Å². The topological polar surface area (TPSA) is 43.8 Å². The smallest absolute Gasteiger partial charge is 0.257 e. The molecule has 1 aliphatic rings. The molecular weight excluding hydrogens is 336 g/mol. The molecule has 1 amide bonds. The van der Waals surface area contributed by atoms with Gasteiger partial charge in [-0.3, -0.25) is 9.69 Å². The number of phenols is 1. The molecule has 0 spiro atoms. The standard InChI is InChI=1S/C23H24N2O2/c26-22-17-20-9-5-4-8-19(20)16-21(22)23(27)25-14-12-24(13-15-25)11-10-18-6-2-1-3-7-18/h1-9,16-17,26H,10-15H2. The molecule has 0 bridgehead atoms. The lowest BCUT2D eigenvalue weighted by Gasteiger charge is -2.35. The normalized spacial score (nSPS) is 15.2. The van der Waals surface area contributed by atoms with E-state index in [1.165, 1.54) is 5.56 Å². The summed E-state index contributed by atoms with van der Waals surface area (Å²) in [7, 11) is 0. The number of hydrogen-bond donors (Lipinski definition) is 1. The fraction of sp³-hybridized carbons (Fsp3) is 0.261. The molecule has 0 radical (unpaired) electrons. The van der Waals surface area contributed by atoms with Gasteiger partial charge in [-0.25, -0.2) is 0 Å². The van der Waals surface area contributed by atoms with Crippen LogP contribution in [0.3, 0.4) is 0 Å². The molecule has 1 aliphatic heterocycles. The number of nitrogens with zero attached hydrogens (tertiary/aromatic N) is 2. The van der Waals surface area contributed by atoms with Crippen LogP contribution in [0.5, 0.6) is 5.75 Å². The van der Waals surface area contributed by atoms with Crippen LogP contribution < -0.4 is 0 Å². The number of phenolic OH excluding ortho intramolecular Hbond substituents is 1. The molecule has 1 heterocycles. The molecule has 1 N–H and O–H groups in total. The fourth-order valence-corrected chi connectivity index (χ4v) is 3.68. The summed E-state index contributed by atoms with van der Waals surface area (Å²) in [5.41, 5.74) is 1.74. The predicted molar refractivity (Wildman–Crippen MR) is 108 cm³/mol. The summed E-state index contributed by atoms with van der Waals surface area (Å²) in [6, 6.07) is 21.7. The quantitative estimate of drug-likeness (QED) is 0.774. The third-order valence-electron chi connectivity index (χ3n) is 5.31. The van der Waals surface area contributed by atoms with Gasteiger partial charge in [0.2, 0.25) is 0 Å². The molecule has 1 fully saturated rings. The summed E-state index contributed by atoms with van der Waals surface area (Å²) in [6.07, 6.45) is 1.03. The first-order valence-corrected chi connectivity index (χ1v) is 9.48. The molecule has 1 saturated heterocycles. The molecule has 0 aromatic heterocycles. The van der Waals surface area contributed by atoms with Crippen LogP contribution in [-0.2, 0) is 6.42 Å². The molecule has 0 saturated carbocycles. The van der Waals surface area contributed by atoms with Gasteiger partial charge < -0.3 is 10.0 Å². The van der Waals surface area contributed by atoms with Crippen molar-refractivity contribution >= 4 is 16.7 Å². The minimum atomic E-state index is -0.0824. The number of carbonyl (C=O) groups excluding carboxylic acids is 1. The van der Waals surface area contributed by atoms with Gasteiger partial charge in [0.05, 0.1) is 5.56 Å². The van der Waals surface area contributed by atoms with Crippen LogP contribution in [0.15, 0.2) is 66.7 Å². The highest BCUT2D eigenvalue weighted by atomic mass is 16.3. The van der Waals surface area contributed by atoms with Crippen molar-refractivity contribution in [2.75, 3.05) is 32.7 Å². The lowest BCUT2D eigenvalue weighted by Crippen LogP contribution is -2.49. The Morgan fingerprint density at radius 3 is 2.19 bits per heavy atom. The lowest BCUT2D eigenvalue weighted by atomic mass is 10.0. The number of fused-ring (bicyclic) bond motifs is 1. The van der Waals surface area contributed by atoms with E-state index in [9.17, 15) is 9.90 Å². The number of piperazine rings is 1. The maximum absolute atomic E-state index is 12.9. The average Bonchev–Trinajstić information content (AvgIpc) is 2.72. The van der Waals surface area contributed by atoms with E-state index in [2.05, 4.69) is 29.2 Å². The molecule has 4 heteroatoms. The van der Waals surface area contributed by atoms with Crippen molar-refractivity contribution in [1.82, 2.24) is 9.80 Å². The number of aromatic hydroxyl groups is 1. The number of rotatable bonds is 4. The van der Waals surface area contributed by atoms with Gasteiger partial charge in [-0.05, 0) is 34.9 Å². The van der Waals surface area contributed by atoms with Crippen LogP contribution in [0, 0.1) is 0 Å². The first-order valence-electron chi connectivity index (χ1n) is 9.48. The number of hydrogen-bond acceptors (Lipinski definition) is 3. The average molecular weight is 360 g/mol. The van der Waals surface area contributed by atoms with Gasteiger partial charge in [0.1, 0.15) is 5.75 Å². The van der Waals surface area contributed by atoms with E-state index >= 15 is 0 Å². The first kappa shape index (κ1) is 17.6. The minimum absolute atomic E-state index is 0.0604. The van der Waals surface area contributed by atoms with Crippen LogP contribution in [0.2, 0.25) is 0 Å². The number of benzene rings is 3. The van der Waals surface area contributed by atoms with Crippen LogP contribution in [0.4, 0.5) is 0 Å². The third-order valence-corrected chi connectivity index (χ3v) is 5.31. The van der Waals surface area contributed by atoms with E-state index in [1.807, 2.05) is 35.2 Å². The van der Waals surface area contributed by atoms with E-state index in [4.69, 9.17) is 0 Å². The first-order chi connectivity index (χ1) is 13.2. The Hall–Kier alpha value is -2.85. The Kier molecular flexibility index (Phi) is 5.07. The molecule has 27 heavy (non-hydrogen) atoms. The maximum Gasteiger partial charge on any atom is 0.257 e. The number of carbonyl (C=O) groups is 1. The zero-order valence-corrected chi connectivity index (χ0v) is 15.3. The second kappa shape index (κ2) is 7.80. The second-order valence-corrected chi connectivity index (χ2v) is 7.09. The largest absolute Gasteiger partial charge is 0.507 e. The third kappa shape index (κ3) is 3.96. The SMILES string of the molecule is O=C(c1cc2ccccc2cc1O)N1CCN(CCc2ccccc2)CC1. The van der Waals surface area contributed by atoms with Crippen molar-refractivity contribution in [2.24, 2.45) is 0 Å². The molecule has 0 atom stereocenters. The molecule has 4 rings (SSSR count). The highest BCUT2D eigenvalue weighted by Crippen LogP contribution is 2.26. The van der Waals surface area contributed by atoms with Crippen molar-refractivity contribution in [3.63, 3.8) is 0 Å². The minimum Gasteiger partial charge on any atom is -0.507 e. The zero-order valence-electron chi connectivity index (χ0n) is 15.3. The van der Waals surface area contributed by atoms with Gasteiger partial charge in [-0.15, -0.1) is 0 Å². The Morgan fingerprint density at radius 2 is 1.48 bits per heavy atom. The van der Waals surface area contributed by atoms with Crippen molar-refractivity contribution in [3.05, 3.63) is 77.9 Å². The molecule has 0 aliphatic carbocycles. The number of amides is 1. The van der Waals surface area contributed by atoms with Crippen molar-refractivity contribution in [1.29, 1.82) is 0 Å². The maximum atomic E-state index is 12.9. The van der Waals surface area contributed by atoms with Gasteiger partial charge in [-0.2, -0.15) is 0 Å². The van der Waals surface area contributed by atoms with Gasteiger partial charge >= 0.3 is 0 Å². The Morgan fingerprint density at radius 1 is 0.852 bits per heavy atom. The van der Waals surface area contributed by atoms with Crippen LogP contribution in [0.25, 0.3) is 10.8 Å². The summed E-state index contributed by atoms with van der Waals surface area (Å²) in [6.45, 7) is 4.13. The summed E-state index contributed by atoms with van der Waals surface area (Å²) < 4.78 is 0. The van der Waals surface area contributed by atoms with Crippen LogP contribution in [0.1, 0.15) is 15.9 Å². The summed E-state index contributed by atoms with van der Waals surface area (Å²) in [5.74, 6) is -0.0221. The summed E-state index contributed by atoms with van der Waals surface area (Å²) in [4.78, 5) is 17.1. The van der Waals surface area contributed by atoms with E-state index in [0.717, 1.165) is 36.8 Å². The van der Waals surface area contributed by atoms with E-state index < -0.39 is 0 Å². The highest BCUT2D eigenvalue weighted by molar-refractivity contribution is 6.01. The van der Waals surface area contributed by atoms with Gasteiger partial charge in [0.15, 0.2) is 0 Å². The van der Waals surface area contributed by atoms with Crippen LogP contribution >= 0.6 is 0 Å². The molecule has 3 aromatic carbocycles. The molecular formula is C23H24N2O2. The second-order valence-electron chi connectivity index (χ2n) is 7.09. The van der Waals surface area contributed by atoms with E-state index in [-0.39, 0.29) is 11.7 Å². The zero-order chi connectivity index (χ0) is 18.6. The monoisotopic (exact) mass is 360 g/mol. The van der Waals surface area contributed by atoms with Gasteiger partial charge in [-0.1, -0.05) is 54.6 Å². The molecule has 3 aromatic rings. The predicted octanol–water partition coefficient (Wildman–Crippen LogP) is 3.55. The Labute approximate surface area is 159 Å². The summed E-state index contributed by atoms with van der Waals surface area (Å²) >= 11 is 0. The molecule has 4 nitrogen and oxygen atoms in total. The summed E-state index contributed by atoms with van der Waals surface area (Å²) in [5, 5.41) is 12.2. The molecule has 138 valence electrons. The highest BCUT2D eigenvalue weighted by Gasteiger charge is 2.24. The Balaban J connectivity index is 1.38. The molecule has 0 unspecified atom stereocenters. The van der Waals surface area contributed by atoms with Crippen LogP contribution in [-0.4, -0.2) is 53.5 Å². The van der Waals surface area contributed by atoms with Crippen molar-refractivity contribution < 1.29 is 9.90 Å². The van der Waals surface area contributed by atoms with E-state index in [1.54, 1.807) is 12.1 Å². The van der Waals surface area contributed by atoms with Gasteiger partial charge in [0, 0.05) is 32.7 Å². The van der Waals surface area contributed by atoms with Crippen molar-refractivity contribution in [2.45, 2.75) is 6.42 Å².